The van der Waals surface area contributed by atoms with Crippen molar-refractivity contribution in [2.45, 2.75) is 19.4 Å². The van der Waals surface area contributed by atoms with Gasteiger partial charge in [-0.3, -0.25) is 4.79 Å². The highest BCUT2D eigenvalue weighted by Crippen LogP contribution is 2.21. The number of carbonyl (C=O) groups is 1. The average molecular weight is 263 g/mol. The second kappa shape index (κ2) is 4.30. The van der Waals surface area contributed by atoms with Crippen molar-refractivity contribution in [3.8, 4) is 11.4 Å². The summed E-state index contributed by atoms with van der Waals surface area (Å²) in [4.78, 5) is 22.8. The Morgan fingerprint density at radius 2 is 2.11 bits per heavy atom. The number of tetrazole rings is 1. The van der Waals surface area contributed by atoms with Gasteiger partial charge >= 0.3 is 5.97 Å². The smallest absolute Gasteiger partial charge is 0.331 e. The van der Waals surface area contributed by atoms with Gasteiger partial charge in [-0.2, -0.15) is 0 Å². The first-order valence-electron chi connectivity index (χ1n) is 5.53. The zero-order valence-corrected chi connectivity index (χ0v) is 10.7. The minimum absolute atomic E-state index is 0.222. The van der Waals surface area contributed by atoms with Gasteiger partial charge in [0.05, 0.1) is 0 Å². The third kappa shape index (κ3) is 2.12. The molecular formula is C11H13N5O3. The van der Waals surface area contributed by atoms with Crippen LogP contribution in [-0.4, -0.2) is 35.9 Å². The van der Waals surface area contributed by atoms with E-state index in [1.54, 1.807) is 19.3 Å². The molecule has 0 aliphatic carbocycles. The molecule has 100 valence electrons. The number of carboxylic acids is 1. The Labute approximate surface area is 108 Å². The second-order valence-electron chi connectivity index (χ2n) is 4.64. The van der Waals surface area contributed by atoms with Crippen LogP contribution in [0.15, 0.2) is 23.1 Å². The van der Waals surface area contributed by atoms with Crippen LogP contribution in [0.4, 0.5) is 0 Å². The Balaban J connectivity index is 2.59. The van der Waals surface area contributed by atoms with Crippen LogP contribution in [0.3, 0.4) is 0 Å². The van der Waals surface area contributed by atoms with E-state index in [0.717, 1.165) is 0 Å². The number of carboxylic acid groups (broad SMARTS) is 1. The number of pyridine rings is 1. The summed E-state index contributed by atoms with van der Waals surface area (Å²) in [6, 6.07) is 3.02. The molecule has 8 nitrogen and oxygen atoms in total. The Morgan fingerprint density at radius 1 is 1.42 bits per heavy atom. The fourth-order valence-electron chi connectivity index (χ4n) is 1.52. The summed E-state index contributed by atoms with van der Waals surface area (Å²) >= 11 is 0. The molecular weight excluding hydrogens is 250 g/mol. The fraction of sp³-hybridized carbons (Fsp3) is 0.364. The molecule has 2 aromatic heterocycles. The summed E-state index contributed by atoms with van der Waals surface area (Å²) in [5.41, 5.74) is -1.05. The summed E-state index contributed by atoms with van der Waals surface area (Å²) in [6.45, 7) is 2.96. The predicted molar refractivity (Wildman–Crippen MR) is 65.5 cm³/mol. The van der Waals surface area contributed by atoms with E-state index in [0.29, 0.717) is 5.56 Å². The Morgan fingerprint density at radius 3 is 2.68 bits per heavy atom. The van der Waals surface area contributed by atoms with E-state index in [-0.39, 0.29) is 11.4 Å². The van der Waals surface area contributed by atoms with E-state index < -0.39 is 11.5 Å². The molecule has 2 heterocycles. The van der Waals surface area contributed by atoms with Crippen molar-refractivity contribution in [3.63, 3.8) is 0 Å². The van der Waals surface area contributed by atoms with Gasteiger partial charge in [0.15, 0.2) is 11.4 Å². The first-order chi connectivity index (χ1) is 8.84. The van der Waals surface area contributed by atoms with Crippen molar-refractivity contribution in [1.82, 2.24) is 24.8 Å². The summed E-state index contributed by atoms with van der Waals surface area (Å²) in [7, 11) is 1.62. The van der Waals surface area contributed by atoms with Crippen LogP contribution in [0.1, 0.15) is 13.8 Å². The first kappa shape index (κ1) is 12.9. The minimum Gasteiger partial charge on any atom is -0.479 e. The molecule has 0 aliphatic rings. The molecule has 8 heteroatoms. The van der Waals surface area contributed by atoms with Crippen molar-refractivity contribution in [1.29, 1.82) is 0 Å². The van der Waals surface area contributed by atoms with Crippen LogP contribution in [0.5, 0.6) is 0 Å². The standard InChI is InChI=1S/C11H13N5O3/c1-11(2,10(18)19)16-9(12-13-14-16)7-4-5-15(3)8(17)6-7/h4-6H,1-3H3,(H,18,19). The molecule has 0 amide bonds. The lowest BCUT2D eigenvalue weighted by Crippen LogP contribution is -2.37. The molecule has 0 unspecified atom stereocenters. The topological polar surface area (TPSA) is 103 Å². The molecule has 0 saturated heterocycles. The highest BCUT2D eigenvalue weighted by atomic mass is 16.4. The lowest BCUT2D eigenvalue weighted by atomic mass is 10.1. The lowest BCUT2D eigenvalue weighted by Gasteiger charge is -2.20. The predicted octanol–water partition coefficient (Wildman–Crippen LogP) is -0.142. The number of rotatable bonds is 3. The van der Waals surface area contributed by atoms with Crippen molar-refractivity contribution in [2.24, 2.45) is 7.05 Å². The van der Waals surface area contributed by atoms with Crippen molar-refractivity contribution in [2.75, 3.05) is 0 Å². The second-order valence-corrected chi connectivity index (χ2v) is 4.64. The maximum absolute atomic E-state index is 11.6. The summed E-state index contributed by atoms with van der Waals surface area (Å²) in [6.07, 6.45) is 1.57. The first-order valence-corrected chi connectivity index (χ1v) is 5.53. The molecule has 0 atom stereocenters. The van der Waals surface area contributed by atoms with Gasteiger partial charge in [-0.05, 0) is 30.3 Å². The molecule has 2 aromatic rings. The van der Waals surface area contributed by atoms with E-state index in [9.17, 15) is 14.7 Å². The van der Waals surface area contributed by atoms with E-state index >= 15 is 0 Å². The molecule has 0 aromatic carbocycles. The molecule has 0 spiro atoms. The number of nitrogens with zero attached hydrogens (tertiary/aromatic N) is 5. The maximum atomic E-state index is 11.6. The molecule has 0 bridgehead atoms. The monoisotopic (exact) mass is 263 g/mol. The van der Waals surface area contributed by atoms with Crippen LogP contribution >= 0.6 is 0 Å². The molecule has 19 heavy (non-hydrogen) atoms. The van der Waals surface area contributed by atoms with E-state index in [2.05, 4.69) is 15.5 Å². The lowest BCUT2D eigenvalue weighted by molar-refractivity contribution is -0.146. The summed E-state index contributed by atoms with van der Waals surface area (Å²) in [5.74, 6) is -0.824. The van der Waals surface area contributed by atoms with Crippen molar-refractivity contribution >= 4 is 5.97 Å². The molecule has 0 radical (unpaired) electrons. The van der Waals surface area contributed by atoms with E-state index in [1.807, 2.05) is 0 Å². The maximum Gasteiger partial charge on any atom is 0.331 e. The zero-order chi connectivity index (χ0) is 14.2. The van der Waals surface area contributed by atoms with E-state index in [1.165, 1.54) is 29.2 Å². The quantitative estimate of drug-likeness (QED) is 0.826. The number of hydrogen-bond donors (Lipinski definition) is 1. The summed E-state index contributed by atoms with van der Waals surface area (Å²) < 4.78 is 2.59. The molecule has 0 aliphatic heterocycles. The van der Waals surface area contributed by atoms with Gasteiger partial charge in [0, 0.05) is 24.9 Å². The van der Waals surface area contributed by atoms with Crippen molar-refractivity contribution in [3.05, 3.63) is 28.7 Å². The van der Waals surface area contributed by atoms with Gasteiger partial charge in [-0.15, -0.1) is 5.10 Å². The highest BCUT2D eigenvalue weighted by molar-refractivity contribution is 5.76. The Hall–Kier alpha value is -2.51. The third-order valence-corrected chi connectivity index (χ3v) is 2.88. The Kier molecular flexibility index (Phi) is 2.93. The molecule has 0 fully saturated rings. The highest BCUT2D eigenvalue weighted by Gasteiger charge is 2.33. The molecule has 1 N–H and O–H groups in total. The van der Waals surface area contributed by atoms with Crippen LogP contribution in [0, 0.1) is 0 Å². The summed E-state index contributed by atoms with van der Waals surface area (Å²) in [5, 5.41) is 20.2. The fourth-order valence-corrected chi connectivity index (χ4v) is 1.52. The normalized spacial score (nSPS) is 11.5. The molecule has 0 saturated carbocycles. The largest absolute Gasteiger partial charge is 0.479 e. The minimum atomic E-state index is -1.31. The molecule has 2 rings (SSSR count). The van der Waals surface area contributed by atoms with Crippen LogP contribution in [0.25, 0.3) is 11.4 Å². The van der Waals surface area contributed by atoms with Crippen LogP contribution in [0.2, 0.25) is 0 Å². The third-order valence-electron chi connectivity index (χ3n) is 2.88. The van der Waals surface area contributed by atoms with Gasteiger partial charge in [-0.25, -0.2) is 9.48 Å². The number of aliphatic carboxylic acids is 1. The number of hydrogen-bond acceptors (Lipinski definition) is 5. The average Bonchev–Trinajstić information content (AvgIpc) is 2.82. The van der Waals surface area contributed by atoms with Gasteiger partial charge in [0.1, 0.15) is 0 Å². The van der Waals surface area contributed by atoms with Gasteiger partial charge in [-0.1, -0.05) is 0 Å². The van der Waals surface area contributed by atoms with Crippen LogP contribution in [-0.2, 0) is 17.4 Å². The number of aryl methyl sites for hydroxylation is 1. The van der Waals surface area contributed by atoms with Gasteiger partial charge < -0.3 is 9.67 Å². The Bertz CT molecular complexity index is 686. The van der Waals surface area contributed by atoms with Gasteiger partial charge in [0.25, 0.3) is 5.56 Å². The van der Waals surface area contributed by atoms with Gasteiger partial charge in [0.2, 0.25) is 0 Å². The van der Waals surface area contributed by atoms with E-state index in [4.69, 9.17) is 0 Å². The van der Waals surface area contributed by atoms with Crippen LogP contribution < -0.4 is 5.56 Å². The SMILES string of the molecule is Cn1ccc(-c2nnnn2C(C)(C)C(=O)O)cc1=O. The number of aromatic nitrogens is 5. The zero-order valence-electron chi connectivity index (χ0n) is 10.7. The van der Waals surface area contributed by atoms with Crippen molar-refractivity contribution < 1.29 is 9.90 Å².